The smallest absolute Gasteiger partial charge is 0.161 e. The van der Waals surface area contributed by atoms with Crippen LogP contribution in [0.1, 0.15) is 11.1 Å². The third-order valence-corrected chi connectivity index (χ3v) is 2.89. The van der Waals surface area contributed by atoms with Gasteiger partial charge in [-0.15, -0.1) is 0 Å². The van der Waals surface area contributed by atoms with Gasteiger partial charge in [-0.2, -0.15) is 5.48 Å². The van der Waals surface area contributed by atoms with Gasteiger partial charge in [0, 0.05) is 6.54 Å². The van der Waals surface area contributed by atoms with Gasteiger partial charge in [0.1, 0.15) is 6.61 Å². The molecule has 4 heteroatoms. The molecule has 2 rings (SSSR count). The van der Waals surface area contributed by atoms with E-state index in [9.17, 15) is 0 Å². The molecule has 0 atom stereocenters. The lowest BCUT2D eigenvalue weighted by molar-refractivity contribution is 0.0866. The Hall–Kier alpha value is -2.04. The Morgan fingerprint density at radius 3 is 2.40 bits per heavy atom. The molecule has 0 bridgehead atoms. The second kappa shape index (κ2) is 7.53. The molecule has 106 valence electrons. The number of hydrogen-bond donors (Lipinski definition) is 1. The van der Waals surface area contributed by atoms with Crippen LogP contribution < -0.4 is 15.0 Å². The first-order chi connectivity index (χ1) is 9.83. The molecule has 0 amide bonds. The number of benzene rings is 2. The molecule has 0 saturated heterocycles. The van der Waals surface area contributed by atoms with Crippen LogP contribution in [0.5, 0.6) is 11.5 Å². The molecule has 0 aliphatic carbocycles. The molecule has 0 aromatic heterocycles. The first-order valence-corrected chi connectivity index (χ1v) is 6.43. The molecule has 0 saturated carbocycles. The van der Waals surface area contributed by atoms with E-state index in [0.29, 0.717) is 13.2 Å². The van der Waals surface area contributed by atoms with Crippen LogP contribution in [0.15, 0.2) is 48.5 Å². The predicted octanol–water partition coefficient (Wildman–Crippen LogP) is 2.93. The van der Waals surface area contributed by atoms with E-state index in [1.165, 1.54) is 0 Å². The molecule has 0 radical (unpaired) electrons. The molecular formula is C16H19NO3. The topological polar surface area (TPSA) is 39.7 Å². The zero-order valence-corrected chi connectivity index (χ0v) is 11.8. The Kier molecular flexibility index (Phi) is 5.41. The van der Waals surface area contributed by atoms with E-state index in [0.717, 1.165) is 22.6 Å². The van der Waals surface area contributed by atoms with Gasteiger partial charge in [-0.3, -0.25) is 0 Å². The van der Waals surface area contributed by atoms with Crippen molar-refractivity contribution < 1.29 is 14.3 Å². The normalized spacial score (nSPS) is 10.3. The Morgan fingerprint density at radius 2 is 1.70 bits per heavy atom. The lowest BCUT2D eigenvalue weighted by atomic mass is 10.2. The number of rotatable bonds is 7. The first-order valence-electron chi connectivity index (χ1n) is 6.43. The van der Waals surface area contributed by atoms with E-state index in [-0.39, 0.29) is 0 Å². The van der Waals surface area contributed by atoms with Gasteiger partial charge in [0.05, 0.1) is 14.2 Å². The zero-order chi connectivity index (χ0) is 14.2. The Balaban J connectivity index is 2.07. The monoisotopic (exact) mass is 273 g/mol. The van der Waals surface area contributed by atoms with Crippen LogP contribution in [0.3, 0.4) is 0 Å². The highest BCUT2D eigenvalue weighted by molar-refractivity contribution is 5.43. The van der Waals surface area contributed by atoms with E-state index >= 15 is 0 Å². The van der Waals surface area contributed by atoms with Crippen LogP contribution in [0.4, 0.5) is 0 Å². The van der Waals surface area contributed by atoms with Crippen molar-refractivity contribution in [1.29, 1.82) is 0 Å². The molecule has 0 aliphatic rings. The molecule has 0 spiro atoms. The predicted molar refractivity (Wildman–Crippen MR) is 77.6 cm³/mol. The second-order valence-electron chi connectivity index (χ2n) is 4.28. The summed E-state index contributed by atoms with van der Waals surface area (Å²) < 4.78 is 11.2. The van der Waals surface area contributed by atoms with E-state index in [2.05, 4.69) is 5.48 Å². The molecule has 0 fully saturated rings. The van der Waals surface area contributed by atoms with E-state index < -0.39 is 0 Å². The molecule has 2 aromatic carbocycles. The Labute approximate surface area is 119 Å². The molecule has 0 heterocycles. The zero-order valence-electron chi connectivity index (χ0n) is 11.8. The number of hydroxylamine groups is 1. The molecule has 2 aromatic rings. The fraction of sp³-hybridized carbons (Fsp3) is 0.250. The number of methoxy groups -OCH3 is 1. The van der Waals surface area contributed by atoms with Gasteiger partial charge in [-0.05, 0) is 23.3 Å². The van der Waals surface area contributed by atoms with Crippen LogP contribution in [-0.4, -0.2) is 14.2 Å². The summed E-state index contributed by atoms with van der Waals surface area (Å²) in [5, 5.41) is 0. The van der Waals surface area contributed by atoms with Gasteiger partial charge < -0.3 is 14.3 Å². The SMILES string of the molecule is CONCc1ccc(OC)c(OCc2ccccc2)c1. The van der Waals surface area contributed by atoms with Crippen molar-refractivity contribution in [2.24, 2.45) is 0 Å². The van der Waals surface area contributed by atoms with Crippen molar-refractivity contribution in [1.82, 2.24) is 5.48 Å². The minimum absolute atomic E-state index is 0.512. The molecule has 0 unspecified atom stereocenters. The van der Waals surface area contributed by atoms with E-state index in [4.69, 9.17) is 14.3 Å². The fourth-order valence-corrected chi connectivity index (χ4v) is 1.83. The van der Waals surface area contributed by atoms with Crippen LogP contribution in [0, 0.1) is 0 Å². The van der Waals surface area contributed by atoms with Crippen molar-refractivity contribution in [3.63, 3.8) is 0 Å². The highest BCUT2D eigenvalue weighted by atomic mass is 16.6. The summed E-state index contributed by atoms with van der Waals surface area (Å²) in [6.07, 6.45) is 0. The van der Waals surface area contributed by atoms with Crippen molar-refractivity contribution >= 4 is 0 Å². The molecular weight excluding hydrogens is 254 g/mol. The number of nitrogens with one attached hydrogen (secondary N) is 1. The summed E-state index contributed by atoms with van der Waals surface area (Å²) >= 11 is 0. The first kappa shape index (κ1) is 14.4. The minimum Gasteiger partial charge on any atom is -0.493 e. The van der Waals surface area contributed by atoms with Crippen LogP contribution >= 0.6 is 0 Å². The molecule has 0 aliphatic heterocycles. The van der Waals surface area contributed by atoms with E-state index in [1.54, 1.807) is 14.2 Å². The molecule has 4 nitrogen and oxygen atoms in total. The maximum atomic E-state index is 5.84. The highest BCUT2D eigenvalue weighted by Gasteiger charge is 2.06. The molecule has 1 N–H and O–H groups in total. The van der Waals surface area contributed by atoms with Gasteiger partial charge in [0.15, 0.2) is 11.5 Å². The fourth-order valence-electron chi connectivity index (χ4n) is 1.83. The van der Waals surface area contributed by atoms with Crippen LogP contribution in [0.2, 0.25) is 0 Å². The van der Waals surface area contributed by atoms with Gasteiger partial charge in [0.25, 0.3) is 0 Å². The van der Waals surface area contributed by atoms with Gasteiger partial charge in [-0.1, -0.05) is 36.4 Å². The average Bonchev–Trinajstić information content (AvgIpc) is 2.52. The standard InChI is InChI=1S/C16H19NO3/c1-18-15-9-8-14(11-17-19-2)10-16(15)20-12-13-6-4-3-5-7-13/h3-10,17H,11-12H2,1-2H3. The van der Waals surface area contributed by atoms with E-state index in [1.807, 2.05) is 48.5 Å². The van der Waals surface area contributed by atoms with Gasteiger partial charge in [-0.25, -0.2) is 0 Å². The van der Waals surface area contributed by atoms with Crippen LogP contribution in [0.25, 0.3) is 0 Å². The van der Waals surface area contributed by atoms with Crippen molar-refractivity contribution in [3.8, 4) is 11.5 Å². The largest absolute Gasteiger partial charge is 0.493 e. The second-order valence-corrected chi connectivity index (χ2v) is 4.28. The summed E-state index contributed by atoms with van der Waals surface area (Å²) in [5.74, 6) is 1.45. The lowest BCUT2D eigenvalue weighted by Crippen LogP contribution is -2.10. The Bertz CT molecular complexity index is 529. The summed E-state index contributed by atoms with van der Waals surface area (Å²) in [6, 6.07) is 15.9. The maximum absolute atomic E-state index is 5.84. The van der Waals surface area contributed by atoms with Crippen LogP contribution in [-0.2, 0) is 18.0 Å². The number of hydrogen-bond acceptors (Lipinski definition) is 4. The average molecular weight is 273 g/mol. The third kappa shape index (κ3) is 3.98. The lowest BCUT2D eigenvalue weighted by Gasteiger charge is -2.12. The summed E-state index contributed by atoms with van der Waals surface area (Å²) in [5.41, 5.74) is 4.99. The maximum Gasteiger partial charge on any atom is 0.161 e. The summed E-state index contributed by atoms with van der Waals surface area (Å²) in [6.45, 7) is 1.13. The highest BCUT2D eigenvalue weighted by Crippen LogP contribution is 2.28. The summed E-state index contributed by atoms with van der Waals surface area (Å²) in [4.78, 5) is 4.85. The number of ether oxygens (including phenoxy) is 2. The van der Waals surface area contributed by atoms with Gasteiger partial charge >= 0.3 is 0 Å². The van der Waals surface area contributed by atoms with Gasteiger partial charge in [0.2, 0.25) is 0 Å². The Morgan fingerprint density at radius 1 is 0.900 bits per heavy atom. The van der Waals surface area contributed by atoms with Crippen molar-refractivity contribution in [2.45, 2.75) is 13.2 Å². The minimum atomic E-state index is 0.512. The quantitative estimate of drug-likeness (QED) is 0.787. The van der Waals surface area contributed by atoms with Crippen molar-refractivity contribution in [3.05, 3.63) is 59.7 Å². The van der Waals surface area contributed by atoms with Crippen molar-refractivity contribution in [2.75, 3.05) is 14.2 Å². The molecule has 20 heavy (non-hydrogen) atoms. The summed E-state index contributed by atoms with van der Waals surface area (Å²) in [7, 11) is 3.23. The third-order valence-electron chi connectivity index (χ3n) is 2.89.